The number of nitrogens with zero attached hydrogens (tertiary/aromatic N) is 1. The first kappa shape index (κ1) is 16.8. The molecule has 1 amide bonds. The Morgan fingerprint density at radius 1 is 1.00 bits per heavy atom. The van der Waals surface area contributed by atoms with E-state index < -0.39 is 0 Å². The van der Waals surface area contributed by atoms with Gasteiger partial charge in [-0.15, -0.1) is 0 Å². The topological polar surface area (TPSA) is 46.3 Å². The van der Waals surface area contributed by atoms with Gasteiger partial charge >= 0.3 is 0 Å². The summed E-state index contributed by atoms with van der Waals surface area (Å²) in [4.78, 5) is 14.0. The first-order valence-electron chi connectivity index (χ1n) is 9.22. The van der Waals surface area contributed by atoms with Crippen LogP contribution in [-0.2, 0) is 4.79 Å². The number of carbonyl (C=O) groups is 1. The van der Waals surface area contributed by atoms with Gasteiger partial charge in [0.2, 0.25) is 5.91 Å². The minimum Gasteiger partial charge on any atom is -0.339 e. The number of nitrogens with two attached hydrogens (primary N) is 1. The fraction of sp³-hybridized carbons (Fsp3) is 0.944. The van der Waals surface area contributed by atoms with Crippen LogP contribution in [0.3, 0.4) is 0 Å². The normalized spacial score (nSPS) is 20.4. The minimum atomic E-state index is -0.0197. The SMILES string of the molecule is CCCCCCCCCCCC(=O)N1CC(N)(C2CC2)C1. The Bertz CT molecular complexity index is 319. The number of rotatable bonds is 11. The summed E-state index contributed by atoms with van der Waals surface area (Å²) in [7, 11) is 0. The molecular formula is C18H34N2O. The fourth-order valence-electron chi connectivity index (χ4n) is 3.50. The van der Waals surface area contributed by atoms with Crippen molar-refractivity contribution in [1.29, 1.82) is 0 Å². The molecule has 0 unspecified atom stereocenters. The monoisotopic (exact) mass is 294 g/mol. The van der Waals surface area contributed by atoms with Crippen LogP contribution in [0.5, 0.6) is 0 Å². The van der Waals surface area contributed by atoms with Gasteiger partial charge in [-0.1, -0.05) is 58.3 Å². The van der Waals surface area contributed by atoms with E-state index in [9.17, 15) is 4.79 Å². The van der Waals surface area contributed by atoms with E-state index in [4.69, 9.17) is 5.73 Å². The second kappa shape index (κ2) is 8.17. The first-order valence-corrected chi connectivity index (χ1v) is 9.22. The third kappa shape index (κ3) is 5.28. The van der Waals surface area contributed by atoms with Crippen molar-refractivity contribution in [2.45, 2.75) is 89.5 Å². The van der Waals surface area contributed by atoms with Crippen molar-refractivity contribution in [2.24, 2.45) is 11.7 Å². The Labute approximate surface area is 130 Å². The highest BCUT2D eigenvalue weighted by Crippen LogP contribution is 2.43. The summed E-state index contributed by atoms with van der Waals surface area (Å²) in [5.41, 5.74) is 6.27. The summed E-state index contributed by atoms with van der Waals surface area (Å²) in [6.07, 6.45) is 15.1. The Hall–Kier alpha value is -0.570. The van der Waals surface area contributed by atoms with Gasteiger partial charge in [-0.05, 0) is 25.2 Å². The third-order valence-electron chi connectivity index (χ3n) is 5.21. The summed E-state index contributed by atoms with van der Waals surface area (Å²) < 4.78 is 0. The quantitative estimate of drug-likeness (QED) is 0.588. The molecule has 0 spiro atoms. The number of hydrogen-bond donors (Lipinski definition) is 1. The van der Waals surface area contributed by atoms with Crippen LogP contribution < -0.4 is 5.73 Å². The van der Waals surface area contributed by atoms with E-state index in [1.165, 1.54) is 64.2 Å². The molecule has 3 nitrogen and oxygen atoms in total. The molecule has 0 radical (unpaired) electrons. The van der Waals surface area contributed by atoms with Gasteiger partial charge in [0.25, 0.3) is 0 Å². The molecule has 2 fully saturated rings. The molecule has 1 saturated heterocycles. The summed E-state index contributed by atoms with van der Waals surface area (Å²) in [5, 5.41) is 0. The Morgan fingerprint density at radius 3 is 2.05 bits per heavy atom. The van der Waals surface area contributed by atoms with E-state index in [1.807, 2.05) is 4.90 Å². The van der Waals surface area contributed by atoms with Crippen LogP contribution in [0.25, 0.3) is 0 Å². The average Bonchev–Trinajstić information content (AvgIpc) is 3.26. The van der Waals surface area contributed by atoms with E-state index >= 15 is 0 Å². The largest absolute Gasteiger partial charge is 0.339 e. The van der Waals surface area contributed by atoms with Gasteiger partial charge in [0.1, 0.15) is 0 Å². The lowest BCUT2D eigenvalue weighted by Gasteiger charge is -2.48. The highest BCUT2D eigenvalue weighted by Gasteiger charge is 2.51. The molecular weight excluding hydrogens is 260 g/mol. The molecule has 0 aromatic carbocycles. The molecule has 3 heteroatoms. The second-order valence-electron chi connectivity index (χ2n) is 7.34. The fourth-order valence-corrected chi connectivity index (χ4v) is 3.50. The predicted molar refractivity (Wildman–Crippen MR) is 88.1 cm³/mol. The third-order valence-corrected chi connectivity index (χ3v) is 5.21. The van der Waals surface area contributed by atoms with Crippen LogP contribution in [0.4, 0.5) is 0 Å². The summed E-state index contributed by atoms with van der Waals surface area (Å²) in [6.45, 7) is 3.89. The molecule has 0 bridgehead atoms. The van der Waals surface area contributed by atoms with Crippen LogP contribution in [0, 0.1) is 5.92 Å². The van der Waals surface area contributed by atoms with E-state index in [0.29, 0.717) is 11.8 Å². The van der Waals surface area contributed by atoms with Crippen molar-refractivity contribution in [1.82, 2.24) is 4.90 Å². The molecule has 0 aromatic heterocycles. The van der Waals surface area contributed by atoms with Crippen molar-refractivity contribution in [3.05, 3.63) is 0 Å². The Kier molecular flexibility index (Phi) is 6.53. The van der Waals surface area contributed by atoms with Crippen LogP contribution >= 0.6 is 0 Å². The zero-order valence-corrected chi connectivity index (χ0v) is 13.9. The Balaban J connectivity index is 1.40. The van der Waals surface area contributed by atoms with Crippen LogP contribution in [0.1, 0.15) is 84.0 Å². The van der Waals surface area contributed by atoms with Crippen molar-refractivity contribution < 1.29 is 4.79 Å². The van der Waals surface area contributed by atoms with Crippen LogP contribution in [0.2, 0.25) is 0 Å². The lowest BCUT2D eigenvalue weighted by molar-refractivity contribution is -0.139. The van der Waals surface area contributed by atoms with Gasteiger partial charge in [-0.25, -0.2) is 0 Å². The molecule has 2 aliphatic rings. The number of unbranched alkanes of at least 4 members (excludes halogenated alkanes) is 8. The molecule has 1 aliphatic carbocycles. The van der Waals surface area contributed by atoms with Gasteiger partial charge < -0.3 is 10.6 Å². The number of carbonyl (C=O) groups excluding carboxylic acids is 1. The molecule has 0 aromatic rings. The van der Waals surface area contributed by atoms with E-state index in [-0.39, 0.29) is 5.54 Å². The second-order valence-corrected chi connectivity index (χ2v) is 7.34. The molecule has 2 N–H and O–H groups in total. The zero-order valence-electron chi connectivity index (χ0n) is 13.9. The van der Waals surface area contributed by atoms with E-state index in [2.05, 4.69) is 6.92 Å². The van der Waals surface area contributed by atoms with Crippen molar-refractivity contribution in [3.8, 4) is 0 Å². The number of hydrogen-bond acceptors (Lipinski definition) is 2. The molecule has 2 rings (SSSR count). The Morgan fingerprint density at radius 2 is 1.52 bits per heavy atom. The van der Waals surface area contributed by atoms with Gasteiger partial charge in [0.15, 0.2) is 0 Å². The maximum Gasteiger partial charge on any atom is 0.222 e. The number of likely N-dealkylation sites (tertiary alicyclic amines) is 1. The highest BCUT2D eigenvalue weighted by molar-refractivity contribution is 5.77. The van der Waals surface area contributed by atoms with Gasteiger partial charge in [0.05, 0.1) is 5.54 Å². The van der Waals surface area contributed by atoms with Gasteiger partial charge in [0, 0.05) is 19.5 Å². The van der Waals surface area contributed by atoms with Crippen molar-refractivity contribution in [2.75, 3.05) is 13.1 Å². The first-order chi connectivity index (χ1) is 10.2. The van der Waals surface area contributed by atoms with Crippen LogP contribution in [0.15, 0.2) is 0 Å². The molecule has 1 saturated carbocycles. The summed E-state index contributed by atoms with van der Waals surface area (Å²) >= 11 is 0. The predicted octanol–water partition coefficient (Wildman–Crippen LogP) is 3.86. The average molecular weight is 294 g/mol. The maximum atomic E-state index is 12.0. The lowest BCUT2D eigenvalue weighted by atomic mass is 9.85. The molecule has 0 atom stereocenters. The number of amides is 1. The van der Waals surface area contributed by atoms with E-state index in [0.717, 1.165) is 25.9 Å². The maximum absolute atomic E-state index is 12.0. The molecule has 1 heterocycles. The summed E-state index contributed by atoms with van der Waals surface area (Å²) in [5.74, 6) is 1.04. The standard InChI is InChI=1S/C18H34N2O/c1-2-3-4-5-6-7-8-9-10-11-17(21)20-14-18(19,15-20)16-12-13-16/h16H,2-15,19H2,1H3. The van der Waals surface area contributed by atoms with E-state index in [1.54, 1.807) is 0 Å². The lowest BCUT2D eigenvalue weighted by Crippen LogP contribution is -2.69. The molecule has 21 heavy (non-hydrogen) atoms. The minimum absolute atomic E-state index is 0.0197. The molecule has 1 aliphatic heterocycles. The van der Waals surface area contributed by atoms with Gasteiger partial charge in [-0.2, -0.15) is 0 Å². The highest BCUT2D eigenvalue weighted by atomic mass is 16.2. The van der Waals surface area contributed by atoms with Crippen LogP contribution in [-0.4, -0.2) is 29.4 Å². The van der Waals surface area contributed by atoms with Gasteiger partial charge in [-0.3, -0.25) is 4.79 Å². The molecule has 122 valence electrons. The smallest absolute Gasteiger partial charge is 0.222 e. The summed E-state index contributed by atoms with van der Waals surface area (Å²) in [6, 6.07) is 0. The van der Waals surface area contributed by atoms with Crippen molar-refractivity contribution in [3.63, 3.8) is 0 Å². The van der Waals surface area contributed by atoms with Crippen molar-refractivity contribution >= 4 is 5.91 Å². The zero-order chi connectivity index (χ0) is 15.1.